The van der Waals surface area contributed by atoms with Crippen LogP contribution in [-0.4, -0.2) is 6.54 Å². The van der Waals surface area contributed by atoms with Gasteiger partial charge in [0.15, 0.2) is 0 Å². The molecule has 0 amide bonds. The van der Waals surface area contributed by atoms with Crippen molar-refractivity contribution in [2.24, 2.45) is 5.41 Å². The molecule has 0 radical (unpaired) electrons. The van der Waals surface area contributed by atoms with Gasteiger partial charge in [0.25, 0.3) is 0 Å². The predicted octanol–water partition coefficient (Wildman–Crippen LogP) is 4.21. The minimum Gasteiger partial charge on any atom is -0.307 e. The van der Waals surface area contributed by atoms with Crippen LogP contribution < -0.4 is 5.32 Å². The molecule has 0 bridgehead atoms. The van der Waals surface area contributed by atoms with Crippen LogP contribution in [0.1, 0.15) is 39.2 Å². The molecule has 1 saturated heterocycles. The molecule has 1 nitrogen and oxygen atoms in total. The van der Waals surface area contributed by atoms with Crippen LogP contribution in [0.5, 0.6) is 0 Å². The molecule has 17 heavy (non-hydrogen) atoms. The minimum atomic E-state index is -0.249. The summed E-state index contributed by atoms with van der Waals surface area (Å²) in [5, 5.41) is 3.53. The Kier molecular flexibility index (Phi) is 3.34. The van der Waals surface area contributed by atoms with Crippen LogP contribution in [0.25, 0.3) is 0 Å². The Balaban J connectivity index is 2.57. The van der Waals surface area contributed by atoms with Gasteiger partial charge in [-0.05, 0) is 43.0 Å². The van der Waals surface area contributed by atoms with E-state index in [0.717, 1.165) is 29.4 Å². The maximum absolute atomic E-state index is 14.1. The average molecular weight is 300 g/mol. The Morgan fingerprint density at radius 1 is 1.35 bits per heavy atom. The molecule has 1 heterocycles. The van der Waals surface area contributed by atoms with Gasteiger partial charge in [0.1, 0.15) is 5.82 Å². The molecule has 0 aromatic heterocycles. The van der Waals surface area contributed by atoms with Gasteiger partial charge < -0.3 is 5.32 Å². The summed E-state index contributed by atoms with van der Waals surface area (Å²) in [7, 11) is 0. The summed E-state index contributed by atoms with van der Waals surface area (Å²) in [6.07, 6.45) is 2.09. The number of rotatable bonds is 1. The van der Waals surface area contributed by atoms with E-state index in [4.69, 9.17) is 0 Å². The molecular weight excluding hydrogens is 281 g/mol. The third-order valence-electron chi connectivity index (χ3n) is 3.82. The highest BCUT2D eigenvalue weighted by Crippen LogP contribution is 2.46. The zero-order chi connectivity index (χ0) is 12.7. The predicted molar refractivity (Wildman–Crippen MR) is 72.5 cm³/mol. The van der Waals surface area contributed by atoms with Crippen molar-refractivity contribution in [2.45, 2.75) is 39.2 Å². The lowest BCUT2D eigenvalue weighted by Crippen LogP contribution is -2.48. The topological polar surface area (TPSA) is 12.0 Å². The average Bonchev–Trinajstić information content (AvgIpc) is 2.71. The molecule has 1 fully saturated rings. The zero-order valence-electron chi connectivity index (χ0n) is 10.6. The number of nitrogens with one attached hydrogen (secondary N) is 1. The standard InChI is InChI=1S/C14H19BrFN/c1-13(2,3)14(7-4-8-17-14)11-9-10(15)5-6-12(11)16/h5-6,9,17H,4,7-8H2,1-3H3. The van der Waals surface area contributed by atoms with Gasteiger partial charge in [-0.3, -0.25) is 0 Å². The minimum absolute atomic E-state index is 0.00880. The fourth-order valence-corrected chi connectivity index (χ4v) is 3.20. The van der Waals surface area contributed by atoms with Crippen molar-refractivity contribution in [1.82, 2.24) is 5.32 Å². The smallest absolute Gasteiger partial charge is 0.128 e. The lowest BCUT2D eigenvalue weighted by molar-refractivity contribution is 0.155. The van der Waals surface area contributed by atoms with E-state index in [1.807, 2.05) is 6.07 Å². The van der Waals surface area contributed by atoms with Crippen molar-refractivity contribution in [2.75, 3.05) is 6.54 Å². The Morgan fingerprint density at radius 2 is 2.06 bits per heavy atom. The van der Waals surface area contributed by atoms with E-state index in [1.165, 1.54) is 0 Å². The van der Waals surface area contributed by atoms with Crippen molar-refractivity contribution < 1.29 is 4.39 Å². The molecule has 1 aromatic rings. The third-order valence-corrected chi connectivity index (χ3v) is 4.32. The lowest BCUT2D eigenvalue weighted by Gasteiger charge is -2.43. The fraction of sp³-hybridized carbons (Fsp3) is 0.571. The summed E-state index contributed by atoms with van der Waals surface area (Å²) in [5.41, 5.74) is 0.531. The molecule has 1 aromatic carbocycles. The first-order chi connectivity index (χ1) is 7.87. The van der Waals surface area contributed by atoms with Gasteiger partial charge in [-0.2, -0.15) is 0 Å². The molecule has 0 saturated carbocycles. The highest BCUT2D eigenvalue weighted by atomic mass is 79.9. The summed E-state index contributed by atoms with van der Waals surface area (Å²) < 4.78 is 15.1. The maximum Gasteiger partial charge on any atom is 0.128 e. The van der Waals surface area contributed by atoms with E-state index in [0.29, 0.717) is 0 Å². The highest BCUT2D eigenvalue weighted by Gasteiger charge is 2.46. The summed E-state index contributed by atoms with van der Waals surface area (Å²) in [5.74, 6) is -0.113. The van der Waals surface area contributed by atoms with Gasteiger partial charge in [-0.25, -0.2) is 4.39 Å². The Labute approximate surface area is 111 Å². The van der Waals surface area contributed by atoms with E-state index in [2.05, 4.69) is 42.0 Å². The Morgan fingerprint density at radius 3 is 2.59 bits per heavy atom. The SMILES string of the molecule is CC(C)(C)C1(c2cc(Br)ccc2F)CCCN1. The van der Waals surface area contributed by atoms with Crippen LogP contribution in [0, 0.1) is 11.2 Å². The number of hydrogen-bond donors (Lipinski definition) is 1. The van der Waals surface area contributed by atoms with E-state index in [1.54, 1.807) is 12.1 Å². The lowest BCUT2D eigenvalue weighted by atomic mass is 9.68. The first kappa shape index (κ1) is 13.0. The Hall–Kier alpha value is -0.410. The number of halogens is 2. The summed E-state index contributed by atoms with van der Waals surface area (Å²) >= 11 is 3.44. The van der Waals surface area contributed by atoms with Gasteiger partial charge in [-0.15, -0.1) is 0 Å². The monoisotopic (exact) mass is 299 g/mol. The van der Waals surface area contributed by atoms with Crippen molar-refractivity contribution in [1.29, 1.82) is 0 Å². The molecule has 2 rings (SSSR count). The summed E-state index contributed by atoms with van der Waals surface area (Å²) in [4.78, 5) is 0. The van der Waals surface area contributed by atoms with Crippen LogP contribution in [0.4, 0.5) is 4.39 Å². The molecule has 3 heteroatoms. The highest BCUT2D eigenvalue weighted by molar-refractivity contribution is 9.10. The quantitative estimate of drug-likeness (QED) is 0.819. The summed E-state index contributed by atoms with van der Waals surface area (Å²) in [6.45, 7) is 7.48. The second-order valence-corrected chi connectivity index (χ2v) is 6.73. The van der Waals surface area contributed by atoms with Gasteiger partial charge in [0.05, 0.1) is 5.54 Å². The summed E-state index contributed by atoms with van der Waals surface area (Å²) in [6, 6.07) is 5.22. The molecule has 94 valence electrons. The molecule has 1 unspecified atom stereocenters. The molecule has 1 atom stereocenters. The second-order valence-electron chi connectivity index (χ2n) is 5.81. The molecule has 0 spiro atoms. The van der Waals surface area contributed by atoms with Crippen LogP contribution in [0.2, 0.25) is 0 Å². The van der Waals surface area contributed by atoms with E-state index in [-0.39, 0.29) is 16.8 Å². The van der Waals surface area contributed by atoms with Crippen molar-refractivity contribution in [3.63, 3.8) is 0 Å². The molecule has 1 aliphatic rings. The van der Waals surface area contributed by atoms with Crippen LogP contribution in [0.15, 0.2) is 22.7 Å². The Bertz CT molecular complexity index is 417. The first-order valence-electron chi connectivity index (χ1n) is 6.07. The van der Waals surface area contributed by atoms with E-state index >= 15 is 0 Å². The molecule has 1 N–H and O–H groups in total. The first-order valence-corrected chi connectivity index (χ1v) is 6.87. The van der Waals surface area contributed by atoms with Crippen LogP contribution in [-0.2, 0) is 5.54 Å². The second kappa shape index (κ2) is 4.36. The fourth-order valence-electron chi connectivity index (χ4n) is 2.84. The third kappa shape index (κ3) is 2.15. The van der Waals surface area contributed by atoms with Gasteiger partial charge in [0.2, 0.25) is 0 Å². The molecular formula is C14H19BrFN. The zero-order valence-corrected chi connectivity index (χ0v) is 12.2. The van der Waals surface area contributed by atoms with E-state index < -0.39 is 0 Å². The van der Waals surface area contributed by atoms with Crippen molar-refractivity contribution in [3.05, 3.63) is 34.1 Å². The molecule has 0 aliphatic carbocycles. The maximum atomic E-state index is 14.1. The van der Waals surface area contributed by atoms with Gasteiger partial charge in [-0.1, -0.05) is 36.7 Å². The van der Waals surface area contributed by atoms with Crippen molar-refractivity contribution in [3.8, 4) is 0 Å². The largest absolute Gasteiger partial charge is 0.307 e. The van der Waals surface area contributed by atoms with Crippen LogP contribution in [0.3, 0.4) is 0 Å². The number of hydrogen-bond acceptors (Lipinski definition) is 1. The van der Waals surface area contributed by atoms with Gasteiger partial charge >= 0.3 is 0 Å². The van der Waals surface area contributed by atoms with E-state index in [9.17, 15) is 4.39 Å². The molecule has 1 aliphatic heterocycles. The normalized spacial score (nSPS) is 25.2. The van der Waals surface area contributed by atoms with Crippen molar-refractivity contribution >= 4 is 15.9 Å². The van der Waals surface area contributed by atoms with Gasteiger partial charge in [0, 0.05) is 10.0 Å². The number of benzene rings is 1. The van der Waals surface area contributed by atoms with Crippen LogP contribution >= 0.6 is 15.9 Å².